The fourth-order valence-corrected chi connectivity index (χ4v) is 4.54. The molecular weight excluding hydrogens is 399 g/mol. The SMILES string of the molecule is CC.CSC1CC(n2cc(-c3ncnc4oc(C)cc34)c(-c3ccc(F)cc3)n2)C1. The van der Waals surface area contributed by atoms with E-state index in [0.29, 0.717) is 17.0 Å². The zero-order chi connectivity index (χ0) is 21.3. The summed E-state index contributed by atoms with van der Waals surface area (Å²) in [6.45, 7) is 5.90. The molecule has 5 rings (SSSR count). The van der Waals surface area contributed by atoms with Crippen LogP contribution in [0.4, 0.5) is 4.39 Å². The minimum atomic E-state index is -0.263. The summed E-state index contributed by atoms with van der Waals surface area (Å²) in [5.41, 5.74) is 3.92. The van der Waals surface area contributed by atoms with Crippen molar-refractivity contribution in [1.82, 2.24) is 19.7 Å². The predicted molar refractivity (Wildman–Crippen MR) is 120 cm³/mol. The van der Waals surface area contributed by atoms with Crippen molar-refractivity contribution in [3.8, 4) is 22.5 Å². The van der Waals surface area contributed by atoms with Gasteiger partial charge in [-0.15, -0.1) is 0 Å². The Labute approximate surface area is 179 Å². The lowest BCUT2D eigenvalue weighted by molar-refractivity contribution is 0.301. The summed E-state index contributed by atoms with van der Waals surface area (Å²) in [5, 5.41) is 6.43. The molecule has 0 radical (unpaired) electrons. The van der Waals surface area contributed by atoms with Gasteiger partial charge in [-0.25, -0.2) is 14.4 Å². The molecule has 0 N–H and O–H groups in total. The van der Waals surface area contributed by atoms with Crippen molar-refractivity contribution in [2.45, 2.75) is 44.9 Å². The maximum absolute atomic E-state index is 13.5. The molecule has 4 aromatic rings. The van der Waals surface area contributed by atoms with Crippen LogP contribution in [0.5, 0.6) is 0 Å². The molecule has 1 aliphatic carbocycles. The summed E-state index contributed by atoms with van der Waals surface area (Å²) in [5.74, 6) is 0.524. The van der Waals surface area contributed by atoms with Gasteiger partial charge in [-0.2, -0.15) is 16.9 Å². The van der Waals surface area contributed by atoms with Gasteiger partial charge in [0.1, 0.15) is 23.6 Å². The van der Waals surface area contributed by atoms with Gasteiger partial charge in [0.15, 0.2) is 0 Å². The van der Waals surface area contributed by atoms with E-state index in [9.17, 15) is 4.39 Å². The molecule has 5 nitrogen and oxygen atoms in total. The second-order valence-corrected chi connectivity index (χ2v) is 8.30. The van der Waals surface area contributed by atoms with Crippen LogP contribution < -0.4 is 0 Å². The Bertz CT molecular complexity index is 1150. The molecule has 0 atom stereocenters. The molecule has 0 bridgehead atoms. The zero-order valence-corrected chi connectivity index (χ0v) is 18.4. The van der Waals surface area contributed by atoms with Gasteiger partial charge in [-0.1, -0.05) is 13.8 Å². The number of hydrogen-bond acceptors (Lipinski definition) is 5. The highest BCUT2D eigenvalue weighted by Crippen LogP contribution is 2.42. The Hall–Kier alpha value is -2.67. The summed E-state index contributed by atoms with van der Waals surface area (Å²) < 4.78 is 21.2. The van der Waals surface area contributed by atoms with Gasteiger partial charge in [0.05, 0.1) is 17.1 Å². The molecule has 3 aromatic heterocycles. The molecule has 0 amide bonds. The van der Waals surface area contributed by atoms with Gasteiger partial charge in [0, 0.05) is 22.6 Å². The lowest BCUT2D eigenvalue weighted by Gasteiger charge is -2.34. The maximum atomic E-state index is 13.5. The molecule has 30 heavy (non-hydrogen) atoms. The first-order valence-electron chi connectivity index (χ1n) is 10.2. The zero-order valence-electron chi connectivity index (χ0n) is 17.6. The molecule has 0 aliphatic heterocycles. The number of thioether (sulfide) groups is 1. The second-order valence-electron chi connectivity index (χ2n) is 7.16. The first-order chi connectivity index (χ1) is 14.6. The molecule has 3 heterocycles. The summed E-state index contributed by atoms with van der Waals surface area (Å²) in [7, 11) is 0. The number of rotatable bonds is 4. The molecule has 0 unspecified atom stereocenters. The van der Waals surface area contributed by atoms with Crippen LogP contribution in [-0.2, 0) is 0 Å². The normalized spacial score (nSPS) is 18.0. The lowest BCUT2D eigenvalue weighted by Crippen LogP contribution is -2.28. The van der Waals surface area contributed by atoms with E-state index < -0.39 is 0 Å². The fourth-order valence-electron chi connectivity index (χ4n) is 3.71. The first kappa shape index (κ1) is 20.6. The summed E-state index contributed by atoms with van der Waals surface area (Å²) in [6.07, 6.45) is 7.94. The van der Waals surface area contributed by atoms with Gasteiger partial charge in [-0.05, 0) is 56.4 Å². The van der Waals surface area contributed by atoms with E-state index in [1.807, 2.05) is 43.3 Å². The number of nitrogens with zero attached hydrogens (tertiary/aromatic N) is 4. The molecule has 0 spiro atoms. The highest BCUT2D eigenvalue weighted by atomic mass is 32.2. The van der Waals surface area contributed by atoms with Crippen molar-refractivity contribution in [3.63, 3.8) is 0 Å². The van der Waals surface area contributed by atoms with Crippen molar-refractivity contribution in [2.24, 2.45) is 0 Å². The third-order valence-electron chi connectivity index (χ3n) is 5.33. The molecule has 7 heteroatoms. The third kappa shape index (κ3) is 3.74. The van der Waals surface area contributed by atoms with Crippen molar-refractivity contribution in [3.05, 3.63) is 54.4 Å². The molecule has 1 aliphatic rings. The Morgan fingerprint density at radius 3 is 2.53 bits per heavy atom. The topological polar surface area (TPSA) is 56.7 Å². The molecule has 1 saturated carbocycles. The lowest BCUT2D eigenvalue weighted by atomic mass is 9.92. The Morgan fingerprint density at radius 2 is 1.83 bits per heavy atom. The average molecular weight is 425 g/mol. The summed E-state index contributed by atoms with van der Waals surface area (Å²) in [6, 6.07) is 8.77. The third-order valence-corrected chi connectivity index (χ3v) is 6.39. The number of benzene rings is 1. The number of furan rings is 1. The van der Waals surface area contributed by atoms with Crippen LogP contribution in [0.15, 0.2) is 47.3 Å². The summed E-state index contributed by atoms with van der Waals surface area (Å²) in [4.78, 5) is 8.77. The Morgan fingerprint density at radius 1 is 1.10 bits per heavy atom. The minimum absolute atomic E-state index is 0.263. The first-order valence-corrected chi connectivity index (χ1v) is 11.5. The van der Waals surface area contributed by atoms with E-state index in [-0.39, 0.29) is 5.82 Å². The standard InChI is InChI=1S/C21H19FN4OS.C2H6/c1-12-7-17-20(23-11-24-21(17)27-12)18-10-26(15-8-16(9-15)28-2)25-19(18)13-3-5-14(22)6-4-13;1-2/h3-7,10-11,15-16H,8-9H2,1-2H3;1-2H3. The second kappa shape index (κ2) is 8.60. The highest BCUT2D eigenvalue weighted by Gasteiger charge is 2.31. The number of aromatic nitrogens is 4. The van der Waals surface area contributed by atoms with Crippen LogP contribution in [0, 0.1) is 12.7 Å². The maximum Gasteiger partial charge on any atom is 0.229 e. The minimum Gasteiger partial charge on any atom is -0.443 e. The number of hydrogen-bond donors (Lipinski definition) is 0. The fraction of sp³-hybridized carbons (Fsp3) is 0.348. The highest BCUT2D eigenvalue weighted by molar-refractivity contribution is 7.99. The Kier molecular flexibility index (Phi) is 5.90. The van der Waals surface area contributed by atoms with E-state index in [1.165, 1.54) is 18.5 Å². The van der Waals surface area contributed by atoms with Crippen molar-refractivity contribution in [1.29, 1.82) is 0 Å². The van der Waals surface area contributed by atoms with Crippen LogP contribution in [0.1, 0.15) is 38.5 Å². The predicted octanol–water partition coefficient (Wildman–Crippen LogP) is 6.29. The van der Waals surface area contributed by atoms with Crippen LogP contribution >= 0.6 is 11.8 Å². The average Bonchev–Trinajstić information content (AvgIpc) is 3.32. The summed E-state index contributed by atoms with van der Waals surface area (Å²) >= 11 is 1.90. The van der Waals surface area contributed by atoms with E-state index in [1.54, 1.807) is 12.1 Å². The van der Waals surface area contributed by atoms with E-state index in [4.69, 9.17) is 9.52 Å². The number of fused-ring (bicyclic) bond motifs is 1. The van der Waals surface area contributed by atoms with Crippen LogP contribution in [0.2, 0.25) is 0 Å². The van der Waals surface area contributed by atoms with Gasteiger partial charge in [0.25, 0.3) is 0 Å². The van der Waals surface area contributed by atoms with E-state index in [2.05, 4.69) is 22.4 Å². The molecule has 156 valence electrons. The molecule has 0 saturated heterocycles. The van der Waals surface area contributed by atoms with Crippen LogP contribution in [0.3, 0.4) is 0 Å². The number of halogens is 1. The van der Waals surface area contributed by atoms with Crippen LogP contribution in [0.25, 0.3) is 33.6 Å². The smallest absolute Gasteiger partial charge is 0.229 e. The van der Waals surface area contributed by atoms with Crippen molar-refractivity contribution >= 4 is 22.9 Å². The monoisotopic (exact) mass is 424 g/mol. The van der Waals surface area contributed by atoms with E-state index >= 15 is 0 Å². The quantitative estimate of drug-likeness (QED) is 0.385. The van der Waals surface area contributed by atoms with Gasteiger partial charge in [-0.3, -0.25) is 4.68 Å². The molecule has 1 fully saturated rings. The van der Waals surface area contributed by atoms with Crippen molar-refractivity contribution < 1.29 is 8.81 Å². The molecular formula is C23H25FN4OS. The van der Waals surface area contributed by atoms with Gasteiger partial charge in [0.2, 0.25) is 5.71 Å². The Balaban J connectivity index is 0.00000106. The van der Waals surface area contributed by atoms with E-state index in [0.717, 1.165) is 46.5 Å². The van der Waals surface area contributed by atoms with Gasteiger partial charge < -0.3 is 4.42 Å². The largest absolute Gasteiger partial charge is 0.443 e. The van der Waals surface area contributed by atoms with Gasteiger partial charge >= 0.3 is 0 Å². The van der Waals surface area contributed by atoms with Crippen LogP contribution in [-0.4, -0.2) is 31.3 Å². The number of aryl methyl sites for hydroxylation is 1. The van der Waals surface area contributed by atoms with Crippen molar-refractivity contribution in [2.75, 3.05) is 6.26 Å². The molecule has 1 aromatic carbocycles.